The minimum Gasteiger partial charge on any atom is -0.390 e. The minimum absolute atomic E-state index is 0.171. The van der Waals surface area contributed by atoms with Gasteiger partial charge in [-0.15, -0.1) is 0 Å². The van der Waals surface area contributed by atoms with Crippen molar-refractivity contribution in [3.63, 3.8) is 0 Å². The average molecular weight is 1160 g/mol. The highest BCUT2D eigenvalue weighted by molar-refractivity contribution is 5.78. The summed E-state index contributed by atoms with van der Waals surface area (Å²) >= 11 is 0. The van der Waals surface area contributed by atoms with E-state index in [1.165, 1.54) is 154 Å². The molecule has 0 aromatic heterocycles. The summed E-state index contributed by atoms with van der Waals surface area (Å²) in [5.41, 5.74) is 4.04. The molecule has 0 saturated carbocycles. The van der Waals surface area contributed by atoms with Crippen LogP contribution >= 0.6 is 0 Å². The van der Waals surface area contributed by atoms with Gasteiger partial charge in [0.05, 0.1) is 45.2 Å². The van der Waals surface area contributed by atoms with Gasteiger partial charge in [-0.2, -0.15) is 0 Å². The lowest BCUT2D eigenvalue weighted by Crippen LogP contribution is -2.60. The lowest BCUT2D eigenvalue weighted by atomic mass is 9.92. The minimum atomic E-state index is -1.27. The second-order valence-electron chi connectivity index (χ2n) is 23.9. The maximum atomic E-state index is 13.9. The first kappa shape index (κ1) is 70.3. The number of rotatable bonds is 50. The van der Waals surface area contributed by atoms with Crippen molar-refractivity contribution >= 4 is 5.91 Å². The summed E-state index contributed by atoms with van der Waals surface area (Å²) in [6.45, 7) is 6.00. The molecule has 1 heterocycles. The van der Waals surface area contributed by atoms with Crippen LogP contribution in [0.1, 0.15) is 235 Å². The monoisotopic (exact) mass is 1160 g/mol. The first-order valence-electron chi connectivity index (χ1n) is 33.7. The number of aliphatic hydroxyl groups excluding tert-OH is 2. The van der Waals surface area contributed by atoms with Crippen molar-refractivity contribution in [3.8, 4) is 0 Å². The molecule has 466 valence electrons. The Labute approximate surface area is 510 Å². The van der Waals surface area contributed by atoms with E-state index in [2.05, 4.69) is 25.2 Å². The molecule has 9 heteroatoms. The van der Waals surface area contributed by atoms with Gasteiger partial charge in [-0.25, -0.2) is 0 Å². The summed E-state index contributed by atoms with van der Waals surface area (Å²) in [4.78, 5) is 13.9. The van der Waals surface area contributed by atoms with Gasteiger partial charge in [-0.3, -0.25) is 4.79 Å². The number of amides is 1. The van der Waals surface area contributed by atoms with Gasteiger partial charge in [-0.1, -0.05) is 333 Å². The Balaban J connectivity index is 1.28. The van der Waals surface area contributed by atoms with Gasteiger partial charge >= 0.3 is 0 Å². The van der Waals surface area contributed by atoms with E-state index in [-0.39, 0.29) is 25.5 Å². The highest BCUT2D eigenvalue weighted by Crippen LogP contribution is 2.32. The molecule has 0 spiro atoms. The van der Waals surface area contributed by atoms with Crippen LogP contribution in [0.5, 0.6) is 0 Å². The third-order valence-electron chi connectivity index (χ3n) is 16.6. The zero-order chi connectivity index (χ0) is 59.2. The predicted octanol–water partition coefficient (Wildman–Crippen LogP) is 18.2. The normalized spacial score (nSPS) is 18.4. The number of ether oxygens (including phenoxy) is 5. The summed E-state index contributed by atoms with van der Waals surface area (Å²) in [5.74, 6) is -0.225. The highest BCUT2D eigenvalue weighted by atomic mass is 16.6. The van der Waals surface area contributed by atoms with E-state index in [1.807, 2.05) is 133 Å². The predicted molar refractivity (Wildman–Crippen MR) is 347 cm³/mol. The summed E-state index contributed by atoms with van der Waals surface area (Å²) in [7, 11) is 0. The molecule has 3 N–H and O–H groups in total. The molecule has 1 aliphatic rings. The number of nitrogens with one attached hydrogen (secondary N) is 1. The fourth-order valence-corrected chi connectivity index (χ4v) is 11.4. The van der Waals surface area contributed by atoms with Gasteiger partial charge in [-0.05, 0) is 41.5 Å². The smallest absolute Gasteiger partial charge is 0.224 e. The number of benzene rings is 4. The molecule has 5 rings (SSSR count). The van der Waals surface area contributed by atoms with E-state index in [1.54, 1.807) is 6.08 Å². The van der Waals surface area contributed by atoms with E-state index in [4.69, 9.17) is 23.7 Å². The van der Waals surface area contributed by atoms with Crippen LogP contribution in [-0.2, 0) is 54.9 Å². The van der Waals surface area contributed by atoms with Crippen LogP contribution in [0.15, 0.2) is 146 Å². The van der Waals surface area contributed by atoms with Gasteiger partial charge in [0.15, 0.2) is 0 Å². The van der Waals surface area contributed by atoms with Gasteiger partial charge in [0.1, 0.15) is 36.6 Å². The molecule has 0 bridgehead atoms. The first-order chi connectivity index (χ1) is 41.4. The van der Waals surface area contributed by atoms with Crippen LogP contribution in [0.4, 0.5) is 0 Å². The van der Waals surface area contributed by atoms with Gasteiger partial charge in [0.25, 0.3) is 0 Å². The summed E-state index contributed by atoms with van der Waals surface area (Å²) in [6.07, 6.45) is 39.5. The summed E-state index contributed by atoms with van der Waals surface area (Å²) < 4.78 is 34.4. The van der Waals surface area contributed by atoms with Gasteiger partial charge < -0.3 is 39.2 Å². The largest absolute Gasteiger partial charge is 0.390 e. The molecule has 84 heavy (non-hydrogen) atoms. The van der Waals surface area contributed by atoms with Crippen LogP contribution in [0.3, 0.4) is 0 Å². The molecule has 9 nitrogen and oxygen atoms in total. The van der Waals surface area contributed by atoms with Crippen molar-refractivity contribution in [2.45, 2.75) is 288 Å². The Hall–Kier alpha value is -4.45. The Morgan fingerprint density at radius 2 is 0.857 bits per heavy atom. The second-order valence-corrected chi connectivity index (χ2v) is 23.9. The van der Waals surface area contributed by atoms with Crippen molar-refractivity contribution in [1.82, 2.24) is 5.32 Å². The Morgan fingerprint density at radius 3 is 1.30 bits per heavy atom. The fourth-order valence-electron chi connectivity index (χ4n) is 11.4. The Bertz CT molecular complexity index is 2210. The molecule has 1 fully saturated rings. The molecule has 8 atom stereocenters. The van der Waals surface area contributed by atoms with Gasteiger partial charge in [0.2, 0.25) is 5.91 Å². The molecule has 1 amide bonds. The van der Waals surface area contributed by atoms with E-state index in [0.717, 1.165) is 54.4 Å². The van der Waals surface area contributed by atoms with E-state index >= 15 is 0 Å². The molecule has 0 radical (unpaired) electrons. The molecule has 2 unspecified atom stereocenters. The lowest BCUT2D eigenvalue weighted by molar-refractivity contribution is -0.263. The van der Waals surface area contributed by atoms with E-state index in [0.29, 0.717) is 26.2 Å². The van der Waals surface area contributed by atoms with Crippen LogP contribution in [-0.4, -0.2) is 71.5 Å². The molecular weight excluding hydrogens is 1040 g/mol. The fraction of sp³-hybridized carbons (Fsp3) is 0.613. The van der Waals surface area contributed by atoms with E-state index in [9.17, 15) is 15.0 Å². The number of aliphatic hydroxyl groups is 2. The SMILES string of the molecule is CCCCCCCCCCCCCCCCCC/C=C/CC(=O)N[C@@H](/C=C/[C@H]1OC(COCc2ccccc2)[C@H](OCc2ccccc2)[C@H](OCc2ccccc2)C1OCc1ccccc1)[C@H](O)[C@H](O)CCCCCCCCCCCCCC. The summed E-state index contributed by atoms with van der Waals surface area (Å²) in [6, 6.07) is 39.4. The van der Waals surface area contributed by atoms with Crippen molar-refractivity contribution in [1.29, 1.82) is 0 Å². The topological polar surface area (TPSA) is 116 Å². The summed E-state index contributed by atoms with van der Waals surface area (Å²) in [5, 5.41) is 26.9. The molecular formula is C75H113NO8. The number of carbonyl (C=O) groups is 1. The number of allylic oxidation sites excluding steroid dienone is 1. The molecule has 4 aromatic rings. The quantitative estimate of drug-likeness (QED) is 0.0296. The van der Waals surface area contributed by atoms with Crippen LogP contribution < -0.4 is 5.32 Å². The second kappa shape index (κ2) is 46.7. The maximum absolute atomic E-state index is 13.9. The first-order valence-corrected chi connectivity index (χ1v) is 33.7. The molecule has 1 aliphatic heterocycles. The third kappa shape index (κ3) is 31.3. The van der Waals surface area contributed by atoms with Crippen LogP contribution in [0, 0.1) is 0 Å². The number of carbonyl (C=O) groups excluding carboxylic acids is 1. The van der Waals surface area contributed by atoms with Crippen molar-refractivity contribution in [3.05, 3.63) is 168 Å². The Kier molecular flexibility index (Phi) is 39.1. The van der Waals surface area contributed by atoms with Crippen LogP contribution in [0.2, 0.25) is 0 Å². The molecule has 4 aromatic carbocycles. The average Bonchev–Trinajstić information content (AvgIpc) is 3.42. The van der Waals surface area contributed by atoms with Crippen LogP contribution in [0.25, 0.3) is 0 Å². The van der Waals surface area contributed by atoms with Crippen molar-refractivity contribution in [2.75, 3.05) is 6.61 Å². The van der Waals surface area contributed by atoms with E-state index < -0.39 is 48.8 Å². The zero-order valence-electron chi connectivity index (χ0n) is 52.3. The highest BCUT2D eigenvalue weighted by Gasteiger charge is 2.48. The number of unbranched alkanes of at least 4 members (excludes halogenated alkanes) is 27. The van der Waals surface area contributed by atoms with Gasteiger partial charge in [0, 0.05) is 6.42 Å². The zero-order valence-corrected chi connectivity index (χ0v) is 52.3. The van der Waals surface area contributed by atoms with Crippen molar-refractivity contribution in [2.24, 2.45) is 0 Å². The lowest BCUT2D eigenvalue weighted by Gasteiger charge is -2.45. The maximum Gasteiger partial charge on any atom is 0.224 e. The van der Waals surface area contributed by atoms with Crippen molar-refractivity contribution < 1.29 is 38.7 Å². The molecule has 1 saturated heterocycles. The standard InChI is InChI=1S/C75H113NO8/c1-3-5-7-9-11-13-15-17-18-19-20-21-22-23-25-27-29-31-45-55-71(78)76-67(72(79)68(77)54-44-30-28-26-24-16-14-12-10-8-6-4-2)56-57-69-73(81-59-64-48-38-33-39-49-64)75(83-61-66-52-42-35-43-53-66)74(82-60-65-50-40-34-41-51-65)70(84-69)62-80-58-63-46-36-32-37-47-63/h31-43,45-53,56-57,67-70,72-75,77,79H,3-30,44,54-55,58-62H2,1-2H3,(H,76,78)/b45-31+,57-56+/t67-,68+,69+,70?,72-,73?,74-,75+/m0/s1. The number of hydrogen-bond donors (Lipinski definition) is 3. The Morgan fingerprint density at radius 1 is 0.476 bits per heavy atom. The number of hydrogen-bond acceptors (Lipinski definition) is 8. The third-order valence-corrected chi connectivity index (χ3v) is 16.6. The molecule has 0 aliphatic carbocycles.